The van der Waals surface area contributed by atoms with Gasteiger partial charge in [-0.15, -0.1) is 0 Å². The second kappa shape index (κ2) is 6.93. The van der Waals surface area contributed by atoms with E-state index in [0.29, 0.717) is 0 Å². The molecule has 1 N–H and O–H groups in total. The molecule has 0 spiro atoms. The number of carboxylic acid groups (broad SMARTS) is 1. The van der Waals surface area contributed by atoms with Crippen LogP contribution in [0.15, 0.2) is 12.3 Å². The molecule has 0 aliphatic rings. The van der Waals surface area contributed by atoms with Crippen LogP contribution in [0.25, 0.3) is 0 Å². The van der Waals surface area contributed by atoms with Gasteiger partial charge in [0.2, 0.25) is 0 Å². The minimum absolute atomic E-state index is 0.103. The molecule has 0 aliphatic heterocycles. The molecule has 0 aliphatic carbocycles. The van der Waals surface area contributed by atoms with Crippen LogP contribution in [0.3, 0.4) is 0 Å². The lowest BCUT2D eigenvalue weighted by atomic mass is 10.1. The predicted molar refractivity (Wildman–Crippen MR) is 71.0 cm³/mol. The maximum Gasteiger partial charge on any atom is 0.459 e. The number of carboxylic acids is 1. The largest absolute Gasteiger partial charge is 0.480 e. The van der Waals surface area contributed by atoms with Crippen LogP contribution in [0, 0.1) is 10.1 Å². The molecule has 0 atom stereocenters. The number of nitrogens with zero attached hydrogens (tertiary/aromatic N) is 3. The van der Waals surface area contributed by atoms with Gasteiger partial charge in [-0.25, -0.2) is 4.98 Å². The fourth-order valence-electron chi connectivity index (χ4n) is 1.87. The molecule has 0 bridgehead atoms. The summed E-state index contributed by atoms with van der Waals surface area (Å²) in [6.45, 7) is 0.664. The number of alkyl halides is 5. The molecular weight excluding hydrogens is 345 g/mol. The summed E-state index contributed by atoms with van der Waals surface area (Å²) in [7, 11) is 0. The average Bonchev–Trinajstić information content (AvgIpc) is 2.44. The van der Waals surface area contributed by atoms with E-state index in [1.54, 1.807) is 6.92 Å². The van der Waals surface area contributed by atoms with E-state index in [2.05, 4.69) is 4.98 Å². The molecule has 134 valence electrons. The molecule has 1 rings (SSSR count). The summed E-state index contributed by atoms with van der Waals surface area (Å²) in [6, 6.07) is 0.199. The van der Waals surface area contributed by atoms with Crippen molar-refractivity contribution in [2.24, 2.45) is 0 Å². The van der Waals surface area contributed by atoms with E-state index in [0.717, 1.165) is 4.90 Å². The molecule has 0 amide bonds. The molecule has 1 heterocycles. The third-order valence-corrected chi connectivity index (χ3v) is 2.90. The Bertz CT molecular complexity index is 636. The Morgan fingerprint density at radius 2 is 1.96 bits per heavy atom. The van der Waals surface area contributed by atoms with Crippen molar-refractivity contribution in [1.82, 2.24) is 4.98 Å². The summed E-state index contributed by atoms with van der Waals surface area (Å²) in [4.78, 5) is 24.4. The van der Waals surface area contributed by atoms with E-state index in [4.69, 9.17) is 5.11 Å². The Kier molecular flexibility index (Phi) is 5.63. The standard InChI is InChI=1S/C12H12F5N3O4/c1-2-3-19(6-10(21)22)7-4-9(11(13,14)12(15,16)17)18-5-8(7)20(23)24/h4-5H,2-3,6H2,1H3,(H,21,22). The van der Waals surface area contributed by atoms with Gasteiger partial charge < -0.3 is 10.0 Å². The molecule has 24 heavy (non-hydrogen) atoms. The van der Waals surface area contributed by atoms with E-state index in [1.165, 1.54) is 0 Å². The van der Waals surface area contributed by atoms with Gasteiger partial charge in [0.25, 0.3) is 0 Å². The maximum absolute atomic E-state index is 13.4. The number of hydrogen-bond donors (Lipinski definition) is 1. The van der Waals surface area contributed by atoms with Crippen molar-refractivity contribution < 1.29 is 36.8 Å². The smallest absolute Gasteiger partial charge is 0.459 e. The van der Waals surface area contributed by atoms with Crippen molar-refractivity contribution >= 4 is 17.3 Å². The zero-order chi connectivity index (χ0) is 18.7. The third-order valence-electron chi connectivity index (χ3n) is 2.90. The lowest BCUT2D eigenvalue weighted by Gasteiger charge is -2.24. The second-order valence-electron chi connectivity index (χ2n) is 4.70. The van der Waals surface area contributed by atoms with Crippen LogP contribution in [-0.2, 0) is 10.7 Å². The fourth-order valence-corrected chi connectivity index (χ4v) is 1.87. The van der Waals surface area contributed by atoms with Crippen LogP contribution in [0.4, 0.5) is 33.3 Å². The molecule has 12 heteroatoms. The summed E-state index contributed by atoms with van der Waals surface area (Å²) in [5.74, 6) is -6.77. The van der Waals surface area contributed by atoms with Gasteiger partial charge in [-0.05, 0) is 12.5 Å². The third kappa shape index (κ3) is 4.06. The zero-order valence-corrected chi connectivity index (χ0v) is 12.2. The molecule has 0 saturated heterocycles. The first kappa shape index (κ1) is 19.5. The Hall–Kier alpha value is -2.53. The molecule has 0 unspecified atom stereocenters. The minimum atomic E-state index is -5.95. The number of hydrogen-bond acceptors (Lipinski definition) is 5. The summed E-state index contributed by atoms with van der Waals surface area (Å²) in [5, 5.41) is 19.8. The highest BCUT2D eigenvalue weighted by molar-refractivity contribution is 5.76. The van der Waals surface area contributed by atoms with Gasteiger partial charge in [-0.2, -0.15) is 22.0 Å². The normalized spacial score (nSPS) is 12.1. The first-order valence-electron chi connectivity index (χ1n) is 6.48. The van der Waals surface area contributed by atoms with E-state index in [1.807, 2.05) is 0 Å². The number of aromatic nitrogens is 1. The van der Waals surface area contributed by atoms with Crippen LogP contribution in [-0.4, -0.2) is 40.2 Å². The quantitative estimate of drug-likeness (QED) is 0.458. The minimum Gasteiger partial charge on any atom is -0.480 e. The highest BCUT2D eigenvalue weighted by Crippen LogP contribution is 2.44. The van der Waals surface area contributed by atoms with Gasteiger partial charge in [0.1, 0.15) is 24.1 Å². The van der Waals surface area contributed by atoms with Gasteiger partial charge in [-0.1, -0.05) is 6.92 Å². The van der Waals surface area contributed by atoms with Crippen molar-refractivity contribution in [3.05, 3.63) is 28.1 Å². The number of anilines is 1. The number of pyridine rings is 1. The van der Waals surface area contributed by atoms with Crippen LogP contribution in [0.5, 0.6) is 0 Å². The van der Waals surface area contributed by atoms with Crippen molar-refractivity contribution in [1.29, 1.82) is 0 Å². The van der Waals surface area contributed by atoms with Gasteiger partial charge in [0.15, 0.2) is 0 Å². The fraction of sp³-hybridized carbons (Fsp3) is 0.500. The number of carbonyl (C=O) groups is 1. The molecular formula is C12H12F5N3O4. The van der Waals surface area contributed by atoms with Gasteiger partial charge in [0.05, 0.1) is 4.92 Å². The van der Waals surface area contributed by atoms with Crippen molar-refractivity contribution in [3.63, 3.8) is 0 Å². The monoisotopic (exact) mass is 357 g/mol. The Labute approximate surface area is 131 Å². The number of nitro groups is 1. The Morgan fingerprint density at radius 3 is 2.38 bits per heavy atom. The van der Waals surface area contributed by atoms with Crippen LogP contribution in [0.1, 0.15) is 19.0 Å². The van der Waals surface area contributed by atoms with E-state index < -0.39 is 46.6 Å². The summed E-state index contributed by atoms with van der Waals surface area (Å²) < 4.78 is 64.1. The van der Waals surface area contributed by atoms with Gasteiger partial charge in [-0.3, -0.25) is 14.9 Å². The first-order valence-corrected chi connectivity index (χ1v) is 6.48. The molecule has 1 aromatic heterocycles. The Balaban J connectivity index is 3.51. The van der Waals surface area contributed by atoms with E-state index in [-0.39, 0.29) is 25.2 Å². The maximum atomic E-state index is 13.4. The van der Waals surface area contributed by atoms with Gasteiger partial charge >= 0.3 is 23.8 Å². The highest BCUT2D eigenvalue weighted by atomic mass is 19.4. The lowest BCUT2D eigenvalue weighted by molar-refractivity contribution is -0.384. The molecule has 1 aromatic rings. The van der Waals surface area contributed by atoms with Crippen LogP contribution >= 0.6 is 0 Å². The zero-order valence-electron chi connectivity index (χ0n) is 12.2. The van der Waals surface area contributed by atoms with Crippen molar-refractivity contribution in [2.45, 2.75) is 25.4 Å². The summed E-state index contributed by atoms with van der Waals surface area (Å²) in [5.41, 5.74) is -3.29. The van der Waals surface area contributed by atoms with E-state index >= 15 is 0 Å². The lowest BCUT2D eigenvalue weighted by Crippen LogP contribution is -2.35. The number of aliphatic carboxylic acids is 1. The second-order valence-corrected chi connectivity index (χ2v) is 4.70. The Morgan fingerprint density at radius 1 is 1.38 bits per heavy atom. The molecule has 0 aromatic carbocycles. The highest BCUT2D eigenvalue weighted by Gasteiger charge is 2.60. The SMILES string of the molecule is CCCN(CC(=O)O)c1cc(C(F)(F)C(F)(F)F)ncc1[N+](=O)[O-]. The molecule has 0 saturated carbocycles. The molecule has 0 radical (unpaired) electrons. The summed E-state index contributed by atoms with van der Waals surface area (Å²) >= 11 is 0. The van der Waals surface area contributed by atoms with Gasteiger partial charge in [0, 0.05) is 6.54 Å². The molecule has 0 fully saturated rings. The average molecular weight is 357 g/mol. The van der Waals surface area contributed by atoms with Crippen molar-refractivity contribution in [3.8, 4) is 0 Å². The van der Waals surface area contributed by atoms with Crippen LogP contribution < -0.4 is 4.90 Å². The topological polar surface area (TPSA) is 96.6 Å². The predicted octanol–water partition coefficient (Wildman–Crippen LogP) is 2.94. The first-order chi connectivity index (χ1) is 10.9. The van der Waals surface area contributed by atoms with Crippen molar-refractivity contribution in [2.75, 3.05) is 18.0 Å². The molecule has 7 nitrogen and oxygen atoms in total. The summed E-state index contributed by atoms with van der Waals surface area (Å²) in [6.07, 6.45) is -5.41. The number of rotatable bonds is 7. The van der Waals surface area contributed by atoms with E-state index in [9.17, 15) is 36.9 Å². The van der Waals surface area contributed by atoms with Crippen LogP contribution in [0.2, 0.25) is 0 Å². The number of halogens is 5.